The molecule has 0 radical (unpaired) electrons. The lowest BCUT2D eigenvalue weighted by atomic mass is 10.1. The van der Waals surface area contributed by atoms with Gasteiger partial charge in [0.05, 0.1) is 6.61 Å². The Labute approximate surface area is 166 Å². The number of guanidine groups is 1. The Kier molecular flexibility index (Phi) is 12.9. The van der Waals surface area contributed by atoms with Gasteiger partial charge in [-0.2, -0.15) is 0 Å². The topological polar surface area (TPSA) is 98.0 Å². The number of halogens is 1. The van der Waals surface area contributed by atoms with Crippen molar-refractivity contribution in [3.05, 3.63) is 29.8 Å². The lowest BCUT2D eigenvalue weighted by Crippen LogP contribution is -2.44. The molecular weight excluding hydrogens is 435 g/mol. The molecule has 0 aliphatic carbocycles. The molecule has 142 valence electrons. The fraction of sp³-hybridized carbons (Fsp3) is 0.529. The summed E-state index contributed by atoms with van der Waals surface area (Å²) in [6, 6.07) is 7.76. The van der Waals surface area contributed by atoms with Crippen LogP contribution in [0.1, 0.15) is 19.4 Å². The third-order valence-corrected chi connectivity index (χ3v) is 3.12. The van der Waals surface area contributed by atoms with Crippen molar-refractivity contribution < 1.29 is 14.3 Å². The summed E-state index contributed by atoms with van der Waals surface area (Å²) in [5.41, 5.74) is 6.19. The number of carbonyl (C=O) groups is 1. The lowest BCUT2D eigenvalue weighted by Gasteiger charge is -2.17. The number of ether oxygens (including phenoxy) is 2. The second-order valence-corrected chi connectivity index (χ2v) is 5.41. The molecule has 8 heteroatoms. The molecule has 0 spiro atoms. The molecule has 7 nitrogen and oxygen atoms in total. The summed E-state index contributed by atoms with van der Waals surface area (Å²) < 4.78 is 10.3. The normalized spacial score (nSPS) is 12.0. The molecule has 4 N–H and O–H groups in total. The van der Waals surface area contributed by atoms with E-state index in [0.717, 1.165) is 24.5 Å². The molecule has 1 unspecified atom stereocenters. The van der Waals surface area contributed by atoms with Gasteiger partial charge in [-0.3, -0.25) is 9.79 Å². The first-order chi connectivity index (χ1) is 11.5. The van der Waals surface area contributed by atoms with E-state index in [4.69, 9.17) is 15.2 Å². The zero-order valence-corrected chi connectivity index (χ0v) is 17.4. The number of hydrogen-bond acceptors (Lipinski definition) is 4. The van der Waals surface area contributed by atoms with Crippen LogP contribution in [0.4, 0.5) is 0 Å². The molecule has 1 amide bonds. The van der Waals surface area contributed by atoms with Crippen molar-refractivity contribution in [3.8, 4) is 5.75 Å². The largest absolute Gasteiger partial charge is 0.484 e. The van der Waals surface area contributed by atoms with Crippen molar-refractivity contribution in [2.45, 2.75) is 26.3 Å². The highest BCUT2D eigenvalue weighted by Crippen LogP contribution is 2.12. The van der Waals surface area contributed by atoms with E-state index < -0.39 is 5.91 Å². The van der Waals surface area contributed by atoms with Crippen LogP contribution in [0, 0.1) is 0 Å². The highest BCUT2D eigenvalue weighted by molar-refractivity contribution is 14.0. The molecule has 0 heterocycles. The Morgan fingerprint density at radius 1 is 1.32 bits per heavy atom. The number of methoxy groups -OCH3 is 1. The number of hydrogen-bond donors (Lipinski definition) is 3. The number of nitrogens with two attached hydrogens (primary N) is 1. The second-order valence-electron chi connectivity index (χ2n) is 5.41. The predicted molar refractivity (Wildman–Crippen MR) is 111 cm³/mol. The molecule has 1 aromatic rings. The molecule has 0 saturated carbocycles. The fourth-order valence-corrected chi connectivity index (χ4v) is 2.05. The van der Waals surface area contributed by atoms with Gasteiger partial charge in [0.2, 0.25) is 0 Å². The van der Waals surface area contributed by atoms with Crippen molar-refractivity contribution >= 4 is 35.8 Å². The first-order valence-electron chi connectivity index (χ1n) is 8.09. The maximum atomic E-state index is 10.7. The maximum Gasteiger partial charge on any atom is 0.255 e. The quantitative estimate of drug-likeness (QED) is 0.276. The summed E-state index contributed by atoms with van der Waals surface area (Å²) in [6.07, 6.45) is 0.811. The Morgan fingerprint density at radius 2 is 2.00 bits per heavy atom. The summed E-state index contributed by atoms with van der Waals surface area (Å²) in [6.45, 7) is 6.05. The molecule has 0 aliphatic rings. The van der Waals surface area contributed by atoms with Crippen molar-refractivity contribution in [3.63, 3.8) is 0 Å². The van der Waals surface area contributed by atoms with Gasteiger partial charge in [0.1, 0.15) is 5.75 Å². The van der Waals surface area contributed by atoms with Crippen molar-refractivity contribution in [1.82, 2.24) is 10.6 Å². The molecule has 1 atom stereocenters. The SMILES string of the molecule is CCNC(=NCCc1ccc(OCC(N)=O)cc1)NC(C)COC.I. The van der Waals surface area contributed by atoms with Crippen LogP contribution in [0.15, 0.2) is 29.3 Å². The minimum Gasteiger partial charge on any atom is -0.484 e. The Bertz CT molecular complexity index is 523. The van der Waals surface area contributed by atoms with Crippen LogP contribution in [0.3, 0.4) is 0 Å². The van der Waals surface area contributed by atoms with E-state index in [2.05, 4.69) is 15.6 Å². The van der Waals surface area contributed by atoms with Gasteiger partial charge < -0.3 is 25.8 Å². The number of carbonyl (C=O) groups excluding carboxylic acids is 1. The molecule has 1 aromatic carbocycles. The van der Waals surface area contributed by atoms with Crippen LogP contribution in [-0.4, -0.2) is 51.3 Å². The van der Waals surface area contributed by atoms with E-state index in [0.29, 0.717) is 18.9 Å². The third-order valence-electron chi connectivity index (χ3n) is 3.12. The van der Waals surface area contributed by atoms with Gasteiger partial charge in [-0.15, -0.1) is 24.0 Å². The zero-order valence-electron chi connectivity index (χ0n) is 15.1. The standard InChI is InChI=1S/C17H28N4O3.HI/c1-4-19-17(21-13(2)11-23-3)20-10-9-14-5-7-15(8-6-14)24-12-16(18)22;/h5-8,13H,4,9-12H2,1-3H3,(H2,18,22)(H2,19,20,21);1H. The van der Waals surface area contributed by atoms with E-state index in [1.54, 1.807) is 7.11 Å². The van der Waals surface area contributed by atoms with Gasteiger partial charge in [0.15, 0.2) is 12.6 Å². The lowest BCUT2D eigenvalue weighted by molar-refractivity contribution is -0.119. The van der Waals surface area contributed by atoms with Crippen LogP contribution >= 0.6 is 24.0 Å². The highest BCUT2D eigenvalue weighted by Gasteiger charge is 2.04. The van der Waals surface area contributed by atoms with Gasteiger partial charge >= 0.3 is 0 Å². The number of benzene rings is 1. The van der Waals surface area contributed by atoms with E-state index >= 15 is 0 Å². The Balaban J connectivity index is 0.00000576. The van der Waals surface area contributed by atoms with Gasteiger partial charge in [0.25, 0.3) is 5.91 Å². The van der Waals surface area contributed by atoms with Gasteiger partial charge in [-0.25, -0.2) is 0 Å². The molecule has 1 rings (SSSR count). The van der Waals surface area contributed by atoms with Gasteiger partial charge in [-0.1, -0.05) is 12.1 Å². The number of amides is 1. The summed E-state index contributed by atoms with van der Waals surface area (Å²) in [7, 11) is 1.68. The summed E-state index contributed by atoms with van der Waals surface area (Å²) in [5.74, 6) is 0.924. The molecule has 0 aromatic heterocycles. The van der Waals surface area contributed by atoms with E-state index in [-0.39, 0.29) is 36.6 Å². The van der Waals surface area contributed by atoms with Crippen molar-refractivity contribution in [1.29, 1.82) is 0 Å². The second kappa shape index (κ2) is 13.7. The number of rotatable bonds is 10. The van der Waals surface area contributed by atoms with Crippen molar-refractivity contribution in [2.75, 3.05) is 33.4 Å². The summed E-state index contributed by atoms with van der Waals surface area (Å²) in [4.78, 5) is 15.2. The predicted octanol–water partition coefficient (Wildman–Crippen LogP) is 1.30. The monoisotopic (exact) mass is 464 g/mol. The number of aliphatic imine (C=N–C) groups is 1. The van der Waals surface area contributed by atoms with E-state index in [9.17, 15) is 4.79 Å². The molecule has 0 fully saturated rings. The minimum absolute atomic E-state index is 0. The summed E-state index contributed by atoms with van der Waals surface area (Å²) >= 11 is 0. The molecular formula is C17H29IN4O3. The van der Waals surface area contributed by atoms with Crippen LogP contribution in [0.5, 0.6) is 5.75 Å². The number of nitrogens with zero attached hydrogens (tertiary/aromatic N) is 1. The first-order valence-corrected chi connectivity index (χ1v) is 8.09. The fourth-order valence-electron chi connectivity index (χ4n) is 2.05. The van der Waals surface area contributed by atoms with Crippen LogP contribution in [-0.2, 0) is 16.0 Å². The summed E-state index contributed by atoms with van der Waals surface area (Å²) in [5, 5.41) is 6.51. The molecule has 0 aliphatic heterocycles. The molecule has 0 saturated heterocycles. The number of primary amides is 1. The molecule has 25 heavy (non-hydrogen) atoms. The first kappa shape index (κ1) is 23.4. The van der Waals surface area contributed by atoms with Crippen LogP contribution in [0.2, 0.25) is 0 Å². The van der Waals surface area contributed by atoms with Crippen LogP contribution in [0.25, 0.3) is 0 Å². The smallest absolute Gasteiger partial charge is 0.255 e. The van der Waals surface area contributed by atoms with Crippen molar-refractivity contribution in [2.24, 2.45) is 10.7 Å². The molecule has 0 bridgehead atoms. The average Bonchev–Trinajstić information content (AvgIpc) is 2.54. The maximum absolute atomic E-state index is 10.7. The zero-order chi connectivity index (χ0) is 17.8. The van der Waals surface area contributed by atoms with Gasteiger partial charge in [-0.05, 0) is 38.0 Å². The third kappa shape index (κ3) is 10.8. The van der Waals surface area contributed by atoms with Gasteiger partial charge in [0, 0.05) is 26.2 Å². The van der Waals surface area contributed by atoms with E-state index in [1.165, 1.54) is 0 Å². The average molecular weight is 464 g/mol. The highest BCUT2D eigenvalue weighted by atomic mass is 127. The Morgan fingerprint density at radius 3 is 2.56 bits per heavy atom. The Hall–Kier alpha value is -1.55. The number of nitrogens with one attached hydrogen (secondary N) is 2. The van der Waals surface area contributed by atoms with E-state index in [1.807, 2.05) is 38.1 Å². The minimum atomic E-state index is -0.487. The van der Waals surface area contributed by atoms with Crippen LogP contribution < -0.4 is 21.1 Å².